The van der Waals surface area contributed by atoms with Crippen LogP contribution in [0.1, 0.15) is 37.0 Å². The quantitative estimate of drug-likeness (QED) is 0.803. The highest BCUT2D eigenvalue weighted by Gasteiger charge is 2.33. The van der Waals surface area contributed by atoms with Crippen LogP contribution in [0, 0.1) is 0 Å². The summed E-state index contributed by atoms with van der Waals surface area (Å²) in [6.45, 7) is 5.63. The first-order valence-corrected chi connectivity index (χ1v) is 7.45. The molecule has 1 aliphatic heterocycles. The third kappa shape index (κ3) is 4.05. The van der Waals surface area contributed by atoms with Gasteiger partial charge in [0.2, 0.25) is 5.91 Å². The molecule has 5 heteroatoms. The Morgan fingerprint density at radius 1 is 1.24 bits per heavy atom. The van der Waals surface area contributed by atoms with Crippen LogP contribution in [0.2, 0.25) is 5.02 Å². The summed E-state index contributed by atoms with van der Waals surface area (Å²) in [6, 6.07) is 6.74. The minimum absolute atomic E-state index is 0.00520. The van der Waals surface area contributed by atoms with E-state index in [-0.39, 0.29) is 30.1 Å². The highest BCUT2D eigenvalue weighted by Crippen LogP contribution is 2.21. The van der Waals surface area contributed by atoms with Crippen LogP contribution in [0.4, 0.5) is 0 Å². The van der Waals surface area contributed by atoms with Gasteiger partial charge in [0.15, 0.2) is 5.78 Å². The van der Waals surface area contributed by atoms with Crippen LogP contribution >= 0.6 is 11.6 Å². The summed E-state index contributed by atoms with van der Waals surface area (Å²) in [5, 5.41) is 0.595. The van der Waals surface area contributed by atoms with Crippen LogP contribution in [0.15, 0.2) is 24.3 Å². The topological polar surface area (TPSA) is 46.6 Å². The Kier molecular flexibility index (Phi) is 5.01. The molecule has 0 unspecified atom stereocenters. The van der Waals surface area contributed by atoms with E-state index in [9.17, 15) is 9.59 Å². The molecule has 0 N–H and O–H groups in total. The normalized spacial score (nSPS) is 17.6. The number of carbonyl (C=O) groups is 2. The SMILES string of the molecule is CC1(C)COCCN1C(=O)CCC(=O)c1ccc(Cl)cc1. The van der Waals surface area contributed by atoms with Crippen LogP contribution < -0.4 is 0 Å². The molecule has 4 nitrogen and oxygen atoms in total. The van der Waals surface area contributed by atoms with E-state index in [0.29, 0.717) is 30.3 Å². The van der Waals surface area contributed by atoms with E-state index in [1.165, 1.54) is 0 Å². The zero-order valence-electron chi connectivity index (χ0n) is 12.4. The molecule has 1 amide bonds. The third-order valence-corrected chi connectivity index (χ3v) is 3.93. The lowest BCUT2D eigenvalue weighted by Gasteiger charge is -2.42. The second-order valence-corrected chi connectivity index (χ2v) is 6.28. The number of morpholine rings is 1. The van der Waals surface area contributed by atoms with E-state index in [2.05, 4.69) is 0 Å². The Morgan fingerprint density at radius 2 is 1.90 bits per heavy atom. The van der Waals surface area contributed by atoms with Crippen molar-refractivity contribution in [1.82, 2.24) is 4.90 Å². The van der Waals surface area contributed by atoms with Gasteiger partial charge in [-0.25, -0.2) is 0 Å². The van der Waals surface area contributed by atoms with Crippen molar-refractivity contribution in [2.75, 3.05) is 19.8 Å². The number of Topliss-reactive ketones (excluding diaryl/α,β-unsaturated/α-hetero) is 1. The Balaban J connectivity index is 1.91. The number of hydrogen-bond donors (Lipinski definition) is 0. The van der Waals surface area contributed by atoms with Crippen molar-refractivity contribution in [1.29, 1.82) is 0 Å². The Morgan fingerprint density at radius 3 is 2.52 bits per heavy atom. The summed E-state index contributed by atoms with van der Waals surface area (Å²) >= 11 is 5.79. The van der Waals surface area contributed by atoms with Gasteiger partial charge in [-0.2, -0.15) is 0 Å². The fraction of sp³-hybridized carbons (Fsp3) is 0.500. The van der Waals surface area contributed by atoms with Gasteiger partial charge in [-0.05, 0) is 38.1 Å². The molecule has 1 heterocycles. The number of benzene rings is 1. The highest BCUT2D eigenvalue weighted by molar-refractivity contribution is 6.30. The van der Waals surface area contributed by atoms with E-state index in [1.807, 2.05) is 18.7 Å². The highest BCUT2D eigenvalue weighted by atomic mass is 35.5. The van der Waals surface area contributed by atoms with E-state index in [4.69, 9.17) is 16.3 Å². The molecule has 0 saturated carbocycles. The summed E-state index contributed by atoms with van der Waals surface area (Å²) < 4.78 is 5.40. The standard InChI is InChI=1S/C16H20ClNO3/c1-16(2)11-21-10-9-18(16)15(20)8-7-14(19)12-3-5-13(17)6-4-12/h3-6H,7-11H2,1-2H3. The molecule has 1 aliphatic rings. The molecule has 114 valence electrons. The van der Waals surface area contributed by atoms with Gasteiger partial charge in [-0.1, -0.05) is 11.6 Å². The van der Waals surface area contributed by atoms with Crippen molar-refractivity contribution >= 4 is 23.3 Å². The molecule has 0 aliphatic carbocycles. The molecule has 1 fully saturated rings. The average molecular weight is 310 g/mol. The van der Waals surface area contributed by atoms with Gasteiger partial charge in [0.05, 0.1) is 18.8 Å². The molecule has 21 heavy (non-hydrogen) atoms. The van der Waals surface area contributed by atoms with Crippen molar-refractivity contribution in [2.24, 2.45) is 0 Å². The Hall–Kier alpha value is -1.39. The molecule has 1 saturated heterocycles. The summed E-state index contributed by atoms with van der Waals surface area (Å²) in [5.41, 5.74) is 0.284. The monoisotopic (exact) mass is 309 g/mol. The average Bonchev–Trinajstić information content (AvgIpc) is 2.44. The number of ketones is 1. The summed E-state index contributed by atoms with van der Waals surface area (Å²) in [6.07, 6.45) is 0.443. The number of ether oxygens (including phenoxy) is 1. The van der Waals surface area contributed by atoms with Gasteiger partial charge in [0.25, 0.3) is 0 Å². The van der Waals surface area contributed by atoms with Crippen molar-refractivity contribution < 1.29 is 14.3 Å². The van der Waals surface area contributed by atoms with Gasteiger partial charge in [-0.15, -0.1) is 0 Å². The van der Waals surface area contributed by atoms with Crippen LogP contribution in [-0.4, -0.2) is 41.9 Å². The number of amides is 1. The minimum atomic E-state index is -0.307. The maximum absolute atomic E-state index is 12.3. The van der Waals surface area contributed by atoms with Gasteiger partial charge in [0, 0.05) is 30.0 Å². The fourth-order valence-corrected chi connectivity index (χ4v) is 2.58. The second-order valence-electron chi connectivity index (χ2n) is 5.84. The van der Waals surface area contributed by atoms with Crippen molar-refractivity contribution in [3.8, 4) is 0 Å². The largest absolute Gasteiger partial charge is 0.377 e. The molecular weight excluding hydrogens is 290 g/mol. The number of nitrogens with zero attached hydrogens (tertiary/aromatic N) is 1. The van der Waals surface area contributed by atoms with Crippen LogP contribution in [0.3, 0.4) is 0 Å². The smallest absolute Gasteiger partial charge is 0.223 e. The van der Waals surface area contributed by atoms with E-state index >= 15 is 0 Å². The van der Waals surface area contributed by atoms with Crippen molar-refractivity contribution in [2.45, 2.75) is 32.2 Å². The van der Waals surface area contributed by atoms with Crippen LogP contribution in [0.25, 0.3) is 0 Å². The summed E-state index contributed by atoms with van der Waals surface area (Å²) in [5.74, 6) is -0.0308. The molecule has 0 bridgehead atoms. The molecule has 2 rings (SSSR count). The van der Waals surface area contributed by atoms with Crippen molar-refractivity contribution in [3.63, 3.8) is 0 Å². The van der Waals surface area contributed by atoms with E-state index in [1.54, 1.807) is 24.3 Å². The molecular formula is C16H20ClNO3. The molecule has 1 aromatic rings. The first kappa shape index (κ1) is 16.0. The van der Waals surface area contributed by atoms with Crippen LogP contribution in [0.5, 0.6) is 0 Å². The molecule has 0 atom stereocenters. The van der Waals surface area contributed by atoms with Gasteiger partial charge in [0.1, 0.15) is 0 Å². The Labute approximate surface area is 130 Å². The van der Waals surface area contributed by atoms with Gasteiger partial charge >= 0.3 is 0 Å². The lowest BCUT2D eigenvalue weighted by atomic mass is 10.0. The molecule has 0 spiro atoms. The predicted octanol–water partition coefficient (Wildman–Crippen LogP) is 2.94. The van der Waals surface area contributed by atoms with E-state index in [0.717, 1.165) is 0 Å². The Bertz CT molecular complexity index is 525. The zero-order chi connectivity index (χ0) is 15.5. The van der Waals surface area contributed by atoms with Gasteiger partial charge < -0.3 is 9.64 Å². The maximum Gasteiger partial charge on any atom is 0.223 e. The van der Waals surface area contributed by atoms with Crippen LogP contribution in [-0.2, 0) is 9.53 Å². The molecule has 1 aromatic carbocycles. The van der Waals surface area contributed by atoms with E-state index < -0.39 is 0 Å². The maximum atomic E-state index is 12.3. The number of halogens is 1. The second kappa shape index (κ2) is 6.58. The summed E-state index contributed by atoms with van der Waals surface area (Å²) in [4.78, 5) is 26.2. The number of rotatable bonds is 4. The minimum Gasteiger partial charge on any atom is -0.377 e. The first-order chi connectivity index (χ1) is 9.90. The number of hydrogen-bond acceptors (Lipinski definition) is 3. The zero-order valence-corrected chi connectivity index (χ0v) is 13.2. The van der Waals surface area contributed by atoms with Gasteiger partial charge in [-0.3, -0.25) is 9.59 Å². The first-order valence-electron chi connectivity index (χ1n) is 7.07. The fourth-order valence-electron chi connectivity index (χ4n) is 2.46. The van der Waals surface area contributed by atoms with Crippen molar-refractivity contribution in [3.05, 3.63) is 34.9 Å². The summed E-state index contributed by atoms with van der Waals surface area (Å²) in [7, 11) is 0. The predicted molar refractivity (Wildman–Crippen MR) is 81.6 cm³/mol. The molecule has 0 radical (unpaired) electrons. The third-order valence-electron chi connectivity index (χ3n) is 3.68. The lowest BCUT2D eigenvalue weighted by Crippen LogP contribution is -2.55. The lowest BCUT2D eigenvalue weighted by molar-refractivity contribution is -0.146. The molecule has 0 aromatic heterocycles. The number of carbonyl (C=O) groups excluding carboxylic acids is 2.